The molecule has 0 bridgehead atoms. The van der Waals surface area contributed by atoms with Crippen molar-refractivity contribution < 1.29 is 0 Å². The van der Waals surface area contributed by atoms with Gasteiger partial charge in [0, 0.05) is 10.4 Å². The van der Waals surface area contributed by atoms with Crippen LogP contribution in [0.1, 0.15) is 24.8 Å². The zero-order chi connectivity index (χ0) is 11.1. The molecule has 0 spiro atoms. The summed E-state index contributed by atoms with van der Waals surface area (Å²) in [6.07, 6.45) is 1.17. The van der Waals surface area contributed by atoms with Crippen LogP contribution in [0.3, 0.4) is 0 Å². The fraction of sp³-hybridized carbons (Fsp3) is 0.500. The molecule has 84 valence electrons. The van der Waals surface area contributed by atoms with Crippen molar-refractivity contribution in [3.63, 3.8) is 0 Å². The zero-order valence-corrected chi connectivity index (χ0v) is 12.0. The fourth-order valence-corrected chi connectivity index (χ4v) is 2.95. The molecule has 1 aromatic rings. The molecule has 1 rings (SSSR count). The minimum absolute atomic E-state index is 0.489. The van der Waals surface area contributed by atoms with E-state index in [4.69, 9.17) is 11.6 Å². The minimum Gasteiger partial charge on any atom is -0.162 e. The lowest BCUT2D eigenvalue weighted by atomic mass is 9.99. The maximum atomic E-state index is 6.01. The van der Waals surface area contributed by atoms with Crippen LogP contribution in [0.15, 0.2) is 28.7 Å². The zero-order valence-electron chi connectivity index (χ0n) is 8.88. The van der Waals surface area contributed by atoms with E-state index in [0.29, 0.717) is 11.8 Å². The molecule has 15 heavy (non-hydrogen) atoms. The van der Waals surface area contributed by atoms with Gasteiger partial charge in [-0.2, -0.15) is 11.8 Å². The number of rotatable bonds is 6. The lowest BCUT2D eigenvalue weighted by Crippen LogP contribution is -2.02. The van der Waals surface area contributed by atoms with E-state index in [-0.39, 0.29) is 0 Å². The summed E-state index contributed by atoms with van der Waals surface area (Å²) in [7, 11) is 0. The predicted octanol–water partition coefficient (Wildman–Crippen LogP) is 4.91. The Morgan fingerprint density at radius 3 is 2.87 bits per heavy atom. The molecule has 0 saturated heterocycles. The first-order chi connectivity index (χ1) is 7.27. The minimum atomic E-state index is 0.489. The molecule has 0 radical (unpaired) electrons. The molecule has 0 fully saturated rings. The highest BCUT2D eigenvalue weighted by Gasteiger charge is 2.09. The van der Waals surface area contributed by atoms with Gasteiger partial charge >= 0.3 is 0 Å². The van der Waals surface area contributed by atoms with Crippen molar-refractivity contribution in [3.05, 3.63) is 34.3 Å². The van der Waals surface area contributed by atoms with Crippen LogP contribution < -0.4 is 0 Å². The molecule has 1 unspecified atom stereocenters. The fourth-order valence-electron chi connectivity index (χ4n) is 1.46. The van der Waals surface area contributed by atoms with Gasteiger partial charge in [-0.1, -0.05) is 35.0 Å². The SMILES string of the molecule is CCSCCC(CCl)c1cccc(Br)c1. The molecule has 0 heterocycles. The van der Waals surface area contributed by atoms with Gasteiger partial charge in [-0.15, -0.1) is 11.6 Å². The van der Waals surface area contributed by atoms with Crippen LogP contribution in [0, 0.1) is 0 Å². The number of hydrogen-bond acceptors (Lipinski definition) is 1. The van der Waals surface area contributed by atoms with Crippen molar-refractivity contribution in [2.45, 2.75) is 19.3 Å². The molecule has 0 amide bonds. The number of halogens is 2. The van der Waals surface area contributed by atoms with Gasteiger partial charge in [-0.25, -0.2) is 0 Å². The smallest absolute Gasteiger partial charge is 0.0292 e. The molecule has 0 aliphatic carbocycles. The molecular weight excluding hydrogens is 292 g/mol. The summed E-state index contributed by atoms with van der Waals surface area (Å²) in [5.74, 6) is 3.58. The van der Waals surface area contributed by atoms with Crippen LogP contribution in [0.5, 0.6) is 0 Å². The molecule has 0 aliphatic heterocycles. The maximum Gasteiger partial charge on any atom is 0.0292 e. The second-order valence-electron chi connectivity index (χ2n) is 3.39. The Hall–Kier alpha value is 0.340. The number of thioether (sulfide) groups is 1. The molecule has 0 aliphatic rings. The lowest BCUT2D eigenvalue weighted by molar-refractivity contribution is 0.747. The van der Waals surface area contributed by atoms with E-state index in [0.717, 1.165) is 4.47 Å². The highest BCUT2D eigenvalue weighted by Crippen LogP contribution is 2.25. The number of hydrogen-bond donors (Lipinski definition) is 0. The Kier molecular flexibility index (Phi) is 6.78. The second-order valence-corrected chi connectivity index (χ2v) is 6.01. The molecule has 0 aromatic heterocycles. The normalized spacial score (nSPS) is 12.7. The maximum absolute atomic E-state index is 6.01. The summed E-state index contributed by atoms with van der Waals surface area (Å²) in [5, 5.41) is 0. The monoisotopic (exact) mass is 306 g/mol. The summed E-state index contributed by atoms with van der Waals surface area (Å²) in [5.41, 5.74) is 1.34. The van der Waals surface area contributed by atoms with E-state index in [1.54, 1.807) is 0 Å². The van der Waals surface area contributed by atoms with Crippen molar-refractivity contribution in [1.29, 1.82) is 0 Å². The first kappa shape index (κ1) is 13.4. The largest absolute Gasteiger partial charge is 0.162 e. The molecule has 0 saturated carbocycles. The summed E-state index contributed by atoms with van der Waals surface area (Å²) in [4.78, 5) is 0. The Bertz CT molecular complexity index is 291. The van der Waals surface area contributed by atoms with Gasteiger partial charge in [-0.05, 0) is 41.5 Å². The highest BCUT2D eigenvalue weighted by atomic mass is 79.9. The van der Waals surface area contributed by atoms with E-state index in [9.17, 15) is 0 Å². The summed E-state index contributed by atoms with van der Waals surface area (Å²) in [6.45, 7) is 2.19. The van der Waals surface area contributed by atoms with Gasteiger partial charge in [0.25, 0.3) is 0 Å². The summed E-state index contributed by atoms with van der Waals surface area (Å²) in [6, 6.07) is 8.46. The Labute approximate surface area is 110 Å². The topological polar surface area (TPSA) is 0 Å². The molecule has 0 nitrogen and oxygen atoms in total. The Morgan fingerprint density at radius 2 is 2.27 bits per heavy atom. The van der Waals surface area contributed by atoms with Crippen molar-refractivity contribution in [3.8, 4) is 0 Å². The number of alkyl halides is 1. The van der Waals surface area contributed by atoms with Crippen molar-refractivity contribution >= 4 is 39.3 Å². The second kappa shape index (κ2) is 7.59. The van der Waals surface area contributed by atoms with E-state index in [1.807, 2.05) is 11.8 Å². The van der Waals surface area contributed by atoms with Gasteiger partial charge in [0.2, 0.25) is 0 Å². The molecule has 0 N–H and O–H groups in total. The first-order valence-electron chi connectivity index (χ1n) is 5.17. The van der Waals surface area contributed by atoms with Gasteiger partial charge < -0.3 is 0 Å². The van der Waals surface area contributed by atoms with Crippen LogP contribution in [0.25, 0.3) is 0 Å². The molecule has 3 heteroatoms. The van der Waals surface area contributed by atoms with Crippen molar-refractivity contribution in [1.82, 2.24) is 0 Å². The Balaban J connectivity index is 2.57. The third-order valence-corrected chi connectivity index (χ3v) is 4.12. The summed E-state index contributed by atoms with van der Waals surface area (Å²) < 4.78 is 1.14. The van der Waals surface area contributed by atoms with E-state index in [1.165, 1.54) is 23.5 Å². The van der Waals surface area contributed by atoms with Crippen molar-refractivity contribution in [2.24, 2.45) is 0 Å². The molecular formula is C12H16BrClS. The van der Waals surface area contributed by atoms with E-state index in [2.05, 4.69) is 47.1 Å². The average Bonchev–Trinajstić information content (AvgIpc) is 2.24. The predicted molar refractivity (Wildman–Crippen MR) is 75.2 cm³/mol. The third kappa shape index (κ3) is 4.80. The van der Waals surface area contributed by atoms with E-state index < -0.39 is 0 Å². The Morgan fingerprint density at radius 1 is 1.47 bits per heavy atom. The van der Waals surface area contributed by atoms with Crippen LogP contribution in [0.2, 0.25) is 0 Å². The lowest BCUT2D eigenvalue weighted by Gasteiger charge is -2.14. The standard InChI is InChI=1S/C12H16BrClS/c1-2-15-7-6-11(9-14)10-4-3-5-12(13)8-10/h3-5,8,11H,2,6-7,9H2,1H3. The van der Waals surface area contributed by atoms with Crippen LogP contribution in [-0.2, 0) is 0 Å². The van der Waals surface area contributed by atoms with Crippen LogP contribution >= 0.6 is 39.3 Å². The van der Waals surface area contributed by atoms with Gasteiger partial charge in [0.1, 0.15) is 0 Å². The summed E-state index contributed by atoms with van der Waals surface area (Å²) >= 11 is 11.5. The van der Waals surface area contributed by atoms with E-state index >= 15 is 0 Å². The van der Waals surface area contributed by atoms with Gasteiger partial charge in [0.15, 0.2) is 0 Å². The highest BCUT2D eigenvalue weighted by molar-refractivity contribution is 9.10. The van der Waals surface area contributed by atoms with Crippen LogP contribution in [-0.4, -0.2) is 17.4 Å². The van der Waals surface area contributed by atoms with Gasteiger partial charge in [0.05, 0.1) is 0 Å². The van der Waals surface area contributed by atoms with Crippen molar-refractivity contribution in [2.75, 3.05) is 17.4 Å². The van der Waals surface area contributed by atoms with Gasteiger partial charge in [-0.3, -0.25) is 0 Å². The van der Waals surface area contributed by atoms with Crippen LogP contribution in [0.4, 0.5) is 0 Å². The molecule has 1 aromatic carbocycles. The third-order valence-electron chi connectivity index (χ3n) is 2.32. The average molecular weight is 308 g/mol. The first-order valence-corrected chi connectivity index (χ1v) is 7.65. The molecule has 1 atom stereocenters. The quantitative estimate of drug-likeness (QED) is 0.531. The number of benzene rings is 1.